The number of aliphatic imine (C=N–C) groups is 2. The van der Waals surface area contributed by atoms with Crippen LogP contribution in [0.3, 0.4) is 0 Å². The van der Waals surface area contributed by atoms with Gasteiger partial charge in [0.2, 0.25) is 0 Å². The number of unbranched alkanes of at least 4 members (excludes halogenated alkanes) is 42. The molecule has 0 saturated heterocycles. The Morgan fingerprint density at radius 1 is 0.347 bits per heavy atom. The number of allylic oxidation sites excluding steroid dienone is 4. The third kappa shape index (κ3) is 46.0. The van der Waals surface area contributed by atoms with Crippen molar-refractivity contribution < 1.29 is 16.5 Å². The molecule has 0 aliphatic rings. The van der Waals surface area contributed by atoms with Crippen molar-refractivity contribution in [3.63, 3.8) is 0 Å². The largest absolute Gasteiger partial charge is 0.254 e. The van der Waals surface area contributed by atoms with Gasteiger partial charge in [0.15, 0.2) is 0 Å². The molecule has 0 unspecified atom stereocenters. The summed E-state index contributed by atoms with van der Waals surface area (Å²) in [5.41, 5.74) is 5.30. The summed E-state index contributed by atoms with van der Waals surface area (Å²) < 4.78 is 0. The summed E-state index contributed by atoms with van der Waals surface area (Å²) in [5, 5.41) is 0. The van der Waals surface area contributed by atoms with E-state index in [-0.39, 0.29) is 16.5 Å². The molecule has 2 nitrogen and oxygen atoms in total. The van der Waals surface area contributed by atoms with Gasteiger partial charge in [-0.1, -0.05) is 344 Å². The molecule has 2 aromatic rings. The molecule has 0 saturated carbocycles. The molecule has 0 aliphatic carbocycles. The number of benzene rings is 2. The predicted octanol–water partition coefficient (Wildman–Crippen LogP) is 24.8. The number of hydrogen-bond donors (Lipinski definition) is 0. The molecular formula is C72H120N2Ni. The molecular weight excluding hydrogens is 951 g/mol. The summed E-state index contributed by atoms with van der Waals surface area (Å²) in [7, 11) is 0. The average molecular weight is 1070 g/mol. The fourth-order valence-electron chi connectivity index (χ4n) is 10.5. The van der Waals surface area contributed by atoms with Crippen molar-refractivity contribution in [3.05, 3.63) is 84.0 Å². The van der Waals surface area contributed by atoms with Gasteiger partial charge in [-0.2, -0.15) is 0 Å². The van der Waals surface area contributed by atoms with E-state index in [0.29, 0.717) is 0 Å². The van der Waals surface area contributed by atoms with Crippen LogP contribution in [0.15, 0.2) is 82.8 Å². The molecule has 3 heteroatoms. The Balaban J connectivity index is 0.0000281. The molecule has 428 valence electrons. The van der Waals surface area contributed by atoms with Gasteiger partial charge >= 0.3 is 0 Å². The third-order valence-corrected chi connectivity index (χ3v) is 15.4. The summed E-state index contributed by atoms with van der Waals surface area (Å²) in [6, 6.07) is 17.2. The first-order chi connectivity index (χ1) is 36.8. The first-order valence-electron chi connectivity index (χ1n) is 32.9. The summed E-state index contributed by atoms with van der Waals surface area (Å²) in [6.07, 6.45) is 79.1. The van der Waals surface area contributed by atoms with Gasteiger partial charge in [0.25, 0.3) is 0 Å². The first-order valence-corrected chi connectivity index (χ1v) is 32.9. The average Bonchev–Trinajstić information content (AvgIpc) is 3.42. The molecule has 0 amide bonds. The zero-order valence-electron chi connectivity index (χ0n) is 49.9. The van der Waals surface area contributed by atoms with E-state index in [1.807, 2.05) is 6.21 Å². The molecule has 0 N–H and O–H groups in total. The Kier molecular flexibility index (Phi) is 53.9. The van der Waals surface area contributed by atoms with Crippen LogP contribution >= 0.6 is 0 Å². The number of aryl methyl sites for hydroxylation is 2. The van der Waals surface area contributed by atoms with Crippen molar-refractivity contribution >= 4 is 23.3 Å². The first kappa shape index (κ1) is 70.3. The molecule has 2 aromatic carbocycles. The SMILES string of the molecule is CCC#CC(C=Nc1ccccc1CC/C=C/CCCCCCCCCCCCCCCCCCCCCCC)=Nc1ccccc1CC/C=C/CCCCCCCCCCCCCCCCCCCCCCC.[Ni]. The minimum Gasteiger partial charge on any atom is -0.254 e. The standard InChI is InChI=1S/C72H120N2.Ni/c1-4-7-10-12-14-16-18-20-22-24-26-28-30-32-34-36-38-40-42-44-46-48-50-52-54-60-68-62-56-58-65-71(68)73-67-70(64-9-6-3)74-72-66-59-57-63-69(72)61-55-53-51-49-47-45-43-41-39-37-35-33-31-29-27-25-23-21-19-17-15-13-11-8-5-2;/h50-53,56-59,62-63,65-67H,4-8,10-49,54-55,60-61H2,1-3H3;/b52-50+,53-51+,73-67?,74-70?;. The monoisotopic (exact) mass is 1070 g/mol. The minimum absolute atomic E-state index is 0. The number of rotatable bonds is 53. The topological polar surface area (TPSA) is 24.7 Å². The van der Waals surface area contributed by atoms with E-state index in [1.54, 1.807) is 0 Å². The van der Waals surface area contributed by atoms with Crippen molar-refractivity contribution in [1.82, 2.24) is 0 Å². The van der Waals surface area contributed by atoms with Gasteiger partial charge < -0.3 is 0 Å². The van der Waals surface area contributed by atoms with Crippen LogP contribution in [0, 0.1) is 11.8 Å². The predicted molar refractivity (Wildman–Crippen MR) is 336 cm³/mol. The maximum atomic E-state index is 5.08. The Labute approximate surface area is 478 Å². The van der Waals surface area contributed by atoms with Crippen LogP contribution in [0.5, 0.6) is 0 Å². The van der Waals surface area contributed by atoms with Crippen LogP contribution in [-0.4, -0.2) is 11.9 Å². The molecule has 0 bridgehead atoms. The Hall–Kier alpha value is -2.69. The van der Waals surface area contributed by atoms with Crippen molar-refractivity contribution in [3.8, 4) is 11.8 Å². The summed E-state index contributed by atoms with van der Waals surface area (Å²) in [5.74, 6) is 6.57. The second-order valence-corrected chi connectivity index (χ2v) is 22.4. The van der Waals surface area contributed by atoms with Crippen LogP contribution in [0.1, 0.15) is 334 Å². The van der Waals surface area contributed by atoms with Crippen LogP contribution in [0.4, 0.5) is 11.4 Å². The molecule has 2 rings (SSSR count). The molecule has 0 atom stereocenters. The summed E-state index contributed by atoms with van der Waals surface area (Å²) in [4.78, 5) is 10.0. The third-order valence-electron chi connectivity index (χ3n) is 15.4. The van der Waals surface area contributed by atoms with Gasteiger partial charge in [-0.3, -0.25) is 4.99 Å². The summed E-state index contributed by atoms with van der Waals surface area (Å²) in [6.45, 7) is 6.71. The van der Waals surface area contributed by atoms with Crippen molar-refractivity contribution in [2.45, 2.75) is 335 Å². The number of hydrogen-bond acceptors (Lipinski definition) is 2. The van der Waals surface area contributed by atoms with Gasteiger partial charge in [0, 0.05) is 22.9 Å². The van der Waals surface area contributed by atoms with Gasteiger partial charge in [-0.15, -0.1) is 0 Å². The van der Waals surface area contributed by atoms with E-state index in [2.05, 4.69) is 105 Å². The second kappa shape index (κ2) is 57.5. The van der Waals surface area contributed by atoms with Crippen molar-refractivity contribution in [1.29, 1.82) is 0 Å². The molecule has 75 heavy (non-hydrogen) atoms. The van der Waals surface area contributed by atoms with Crippen LogP contribution < -0.4 is 0 Å². The van der Waals surface area contributed by atoms with E-state index in [9.17, 15) is 0 Å². The van der Waals surface area contributed by atoms with Crippen molar-refractivity contribution in [2.75, 3.05) is 0 Å². The normalized spacial score (nSPS) is 11.9. The van der Waals surface area contributed by atoms with E-state index in [0.717, 1.165) is 49.2 Å². The Morgan fingerprint density at radius 2 is 0.627 bits per heavy atom. The van der Waals surface area contributed by atoms with Gasteiger partial charge in [0.05, 0.1) is 17.6 Å². The molecule has 0 radical (unpaired) electrons. The van der Waals surface area contributed by atoms with E-state index in [1.165, 1.54) is 294 Å². The van der Waals surface area contributed by atoms with Crippen LogP contribution in [0.2, 0.25) is 0 Å². The molecule has 0 heterocycles. The second-order valence-electron chi connectivity index (χ2n) is 22.4. The van der Waals surface area contributed by atoms with E-state index in [4.69, 9.17) is 9.98 Å². The number of para-hydroxylation sites is 2. The Bertz CT molecular complexity index is 1690. The van der Waals surface area contributed by atoms with Crippen LogP contribution in [-0.2, 0) is 29.3 Å². The quantitative estimate of drug-likeness (QED) is 0.0207. The minimum atomic E-state index is 0. The summed E-state index contributed by atoms with van der Waals surface area (Å²) >= 11 is 0. The maximum absolute atomic E-state index is 5.08. The Morgan fingerprint density at radius 3 is 0.960 bits per heavy atom. The van der Waals surface area contributed by atoms with E-state index < -0.39 is 0 Å². The van der Waals surface area contributed by atoms with Gasteiger partial charge in [0.1, 0.15) is 5.71 Å². The van der Waals surface area contributed by atoms with Crippen molar-refractivity contribution in [2.24, 2.45) is 9.98 Å². The number of nitrogens with zero attached hydrogens (tertiary/aromatic N) is 2. The molecule has 0 fully saturated rings. The fraction of sp³-hybridized carbons (Fsp3) is 0.722. The molecule has 0 aliphatic heterocycles. The van der Waals surface area contributed by atoms with Crippen LogP contribution in [0.25, 0.3) is 0 Å². The van der Waals surface area contributed by atoms with Gasteiger partial charge in [-0.25, -0.2) is 4.99 Å². The van der Waals surface area contributed by atoms with Gasteiger partial charge in [-0.05, 0) is 80.5 Å². The zero-order chi connectivity index (χ0) is 52.6. The molecule has 0 aromatic heterocycles. The molecule has 0 spiro atoms. The fourth-order valence-corrected chi connectivity index (χ4v) is 10.5. The van der Waals surface area contributed by atoms with E-state index >= 15 is 0 Å². The zero-order valence-corrected chi connectivity index (χ0v) is 50.9. The smallest absolute Gasteiger partial charge is 0.132 e. The maximum Gasteiger partial charge on any atom is 0.132 e.